The second kappa shape index (κ2) is 8.81. The molecular formula is C29H26N4O4. The number of aromatic nitrogens is 1. The Kier molecular flexibility index (Phi) is 5.44. The lowest BCUT2D eigenvalue weighted by Gasteiger charge is -2.33. The van der Waals surface area contributed by atoms with E-state index in [4.69, 9.17) is 4.74 Å². The van der Waals surface area contributed by atoms with Crippen molar-refractivity contribution in [3.8, 4) is 5.75 Å². The Balaban J connectivity index is 1.29. The first-order valence-electron chi connectivity index (χ1n) is 12.2. The van der Waals surface area contributed by atoms with Crippen molar-refractivity contribution in [3.63, 3.8) is 0 Å². The molecule has 1 fully saturated rings. The second-order valence-corrected chi connectivity index (χ2v) is 9.37. The molecule has 1 aromatic heterocycles. The number of H-pyrrole nitrogens is 1. The van der Waals surface area contributed by atoms with E-state index in [1.165, 1.54) is 0 Å². The molecule has 8 nitrogen and oxygen atoms in total. The van der Waals surface area contributed by atoms with Gasteiger partial charge in [0.05, 0.1) is 24.4 Å². The van der Waals surface area contributed by atoms with Gasteiger partial charge in [-0.2, -0.15) is 0 Å². The number of nitrogens with zero attached hydrogens (tertiary/aromatic N) is 2. The number of hydrogen-bond acceptors (Lipinski definition) is 4. The summed E-state index contributed by atoms with van der Waals surface area (Å²) in [6.45, 7) is 2.21. The highest BCUT2D eigenvalue weighted by Gasteiger charge is 2.52. The molecule has 2 atom stereocenters. The van der Waals surface area contributed by atoms with Gasteiger partial charge in [-0.15, -0.1) is 0 Å². The minimum Gasteiger partial charge on any atom is -0.497 e. The van der Waals surface area contributed by atoms with Crippen LogP contribution < -0.4 is 15.0 Å². The molecular weight excluding hydrogens is 468 g/mol. The number of amides is 4. The highest BCUT2D eigenvalue weighted by molar-refractivity contribution is 6.24. The number of imide groups is 1. The van der Waals surface area contributed by atoms with Gasteiger partial charge in [-0.1, -0.05) is 42.5 Å². The van der Waals surface area contributed by atoms with Crippen LogP contribution in [0.1, 0.15) is 40.1 Å². The van der Waals surface area contributed by atoms with Crippen LogP contribution in [0.2, 0.25) is 0 Å². The second-order valence-electron chi connectivity index (χ2n) is 9.37. The van der Waals surface area contributed by atoms with Gasteiger partial charge >= 0.3 is 6.03 Å². The summed E-state index contributed by atoms with van der Waals surface area (Å²) in [5.74, 6) is 0.0118. The molecule has 37 heavy (non-hydrogen) atoms. The molecule has 2 unspecified atom stereocenters. The maximum atomic E-state index is 13.7. The summed E-state index contributed by atoms with van der Waals surface area (Å²) in [4.78, 5) is 46.8. The van der Waals surface area contributed by atoms with Gasteiger partial charge in [0.25, 0.3) is 11.8 Å². The van der Waals surface area contributed by atoms with E-state index in [2.05, 4.69) is 10.3 Å². The van der Waals surface area contributed by atoms with E-state index in [1.54, 1.807) is 36.3 Å². The lowest BCUT2D eigenvalue weighted by Crippen LogP contribution is -2.42. The number of carbonyl (C=O) groups excluding carboxylic acids is 3. The Morgan fingerprint density at radius 1 is 1.05 bits per heavy atom. The Labute approximate surface area is 213 Å². The zero-order valence-electron chi connectivity index (χ0n) is 20.5. The lowest BCUT2D eigenvalue weighted by atomic mass is 9.93. The van der Waals surface area contributed by atoms with Crippen LogP contribution in [-0.4, -0.2) is 40.9 Å². The van der Waals surface area contributed by atoms with Crippen LogP contribution in [0.25, 0.3) is 10.9 Å². The number of anilines is 1. The van der Waals surface area contributed by atoms with Gasteiger partial charge in [0, 0.05) is 29.6 Å². The normalized spacial score (nSPS) is 18.6. The number of hydrogen-bond donors (Lipinski definition) is 2. The summed E-state index contributed by atoms with van der Waals surface area (Å²) < 4.78 is 5.25. The molecule has 2 aliphatic heterocycles. The topological polar surface area (TPSA) is 94.7 Å². The minimum atomic E-state index is -0.623. The Morgan fingerprint density at radius 3 is 2.68 bits per heavy atom. The van der Waals surface area contributed by atoms with E-state index in [-0.39, 0.29) is 35.7 Å². The van der Waals surface area contributed by atoms with Crippen LogP contribution in [0, 0.1) is 0 Å². The molecule has 3 aromatic carbocycles. The average Bonchev–Trinajstić information content (AvgIpc) is 3.42. The highest BCUT2D eigenvalue weighted by atomic mass is 16.5. The predicted molar refractivity (Wildman–Crippen MR) is 140 cm³/mol. The molecule has 186 valence electrons. The molecule has 2 N–H and O–H groups in total. The molecule has 0 saturated carbocycles. The Morgan fingerprint density at radius 2 is 1.84 bits per heavy atom. The van der Waals surface area contributed by atoms with Crippen LogP contribution in [-0.2, 0) is 17.8 Å². The van der Waals surface area contributed by atoms with E-state index in [1.807, 2.05) is 55.5 Å². The third-order valence-corrected chi connectivity index (χ3v) is 7.31. The van der Waals surface area contributed by atoms with Gasteiger partial charge in [-0.3, -0.25) is 9.59 Å². The average molecular weight is 495 g/mol. The number of benzene rings is 3. The van der Waals surface area contributed by atoms with Crippen molar-refractivity contribution in [2.75, 3.05) is 12.0 Å². The van der Waals surface area contributed by atoms with Gasteiger partial charge in [0.1, 0.15) is 11.8 Å². The predicted octanol–water partition coefficient (Wildman–Crippen LogP) is 4.56. The zero-order chi connectivity index (χ0) is 25.7. The first-order chi connectivity index (χ1) is 18.0. The van der Waals surface area contributed by atoms with E-state index in [0.717, 1.165) is 32.6 Å². The molecule has 1 saturated heterocycles. The van der Waals surface area contributed by atoms with Crippen molar-refractivity contribution in [2.45, 2.75) is 32.0 Å². The van der Waals surface area contributed by atoms with Crippen LogP contribution in [0.15, 0.2) is 72.8 Å². The summed E-state index contributed by atoms with van der Waals surface area (Å²) in [5.41, 5.74) is 4.44. The maximum absolute atomic E-state index is 13.7. The summed E-state index contributed by atoms with van der Waals surface area (Å²) >= 11 is 0. The Hall–Kier alpha value is -4.59. The molecule has 8 heteroatoms. The van der Waals surface area contributed by atoms with E-state index < -0.39 is 12.1 Å². The summed E-state index contributed by atoms with van der Waals surface area (Å²) in [5, 5.41) is 3.97. The standard InChI is InChI=1S/C29H26N4O4/c1-17-26-22(20-10-3-5-12-23(20)31-26)15-25-28(35)33(29(36)32(17)25)24-13-6-4-11-21(24)27(34)30-16-18-8-7-9-19(14-18)37-2/h3-14,17,25,31H,15-16H2,1-2H3,(H,30,34). The number of aromatic amines is 1. The third-order valence-electron chi connectivity index (χ3n) is 7.31. The highest BCUT2D eigenvalue weighted by Crippen LogP contribution is 2.42. The summed E-state index contributed by atoms with van der Waals surface area (Å²) in [7, 11) is 1.59. The Bertz CT molecular complexity index is 1560. The zero-order valence-corrected chi connectivity index (χ0v) is 20.5. The number of urea groups is 1. The van der Waals surface area contributed by atoms with Crippen molar-refractivity contribution in [1.82, 2.24) is 15.2 Å². The fourth-order valence-corrected chi connectivity index (χ4v) is 5.50. The quantitative estimate of drug-likeness (QED) is 0.398. The number of methoxy groups -OCH3 is 1. The monoisotopic (exact) mass is 494 g/mol. The molecule has 0 aliphatic carbocycles. The number of ether oxygens (including phenoxy) is 1. The van der Waals surface area contributed by atoms with Crippen LogP contribution in [0.4, 0.5) is 10.5 Å². The number of nitrogens with one attached hydrogen (secondary N) is 2. The van der Waals surface area contributed by atoms with Gasteiger partial charge in [-0.25, -0.2) is 9.69 Å². The van der Waals surface area contributed by atoms with Crippen molar-refractivity contribution >= 4 is 34.4 Å². The molecule has 4 aromatic rings. The van der Waals surface area contributed by atoms with Gasteiger partial charge < -0.3 is 19.9 Å². The molecule has 6 rings (SSSR count). The number of rotatable bonds is 5. The number of carbonyl (C=O) groups is 3. The van der Waals surface area contributed by atoms with Crippen molar-refractivity contribution in [1.29, 1.82) is 0 Å². The first kappa shape index (κ1) is 22.8. The largest absolute Gasteiger partial charge is 0.497 e. The summed E-state index contributed by atoms with van der Waals surface area (Å²) in [6.07, 6.45) is 0.426. The van der Waals surface area contributed by atoms with Crippen LogP contribution in [0.5, 0.6) is 5.75 Å². The molecule has 0 radical (unpaired) electrons. The fourth-order valence-electron chi connectivity index (χ4n) is 5.50. The van der Waals surface area contributed by atoms with Gasteiger partial charge in [0.15, 0.2) is 0 Å². The molecule has 0 spiro atoms. The molecule has 3 heterocycles. The number of fused-ring (bicyclic) bond motifs is 4. The van der Waals surface area contributed by atoms with Crippen LogP contribution in [0.3, 0.4) is 0 Å². The molecule has 4 amide bonds. The van der Waals surface area contributed by atoms with E-state index in [9.17, 15) is 14.4 Å². The maximum Gasteiger partial charge on any atom is 0.332 e. The first-order valence-corrected chi connectivity index (χ1v) is 12.2. The fraction of sp³-hybridized carbons (Fsp3) is 0.207. The smallest absolute Gasteiger partial charge is 0.332 e. The van der Waals surface area contributed by atoms with E-state index >= 15 is 0 Å². The van der Waals surface area contributed by atoms with Crippen molar-refractivity contribution in [2.24, 2.45) is 0 Å². The lowest BCUT2D eigenvalue weighted by molar-refractivity contribution is -0.120. The van der Waals surface area contributed by atoms with Gasteiger partial charge in [0.2, 0.25) is 0 Å². The third kappa shape index (κ3) is 3.64. The van der Waals surface area contributed by atoms with E-state index in [0.29, 0.717) is 12.2 Å². The molecule has 2 aliphatic rings. The summed E-state index contributed by atoms with van der Waals surface area (Å²) in [6, 6.07) is 20.8. The molecule has 0 bridgehead atoms. The van der Waals surface area contributed by atoms with Crippen molar-refractivity contribution in [3.05, 3.63) is 95.2 Å². The van der Waals surface area contributed by atoms with Gasteiger partial charge in [-0.05, 0) is 48.4 Å². The number of para-hydroxylation sites is 2. The SMILES string of the molecule is COc1cccc(CNC(=O)c2ccccc2N2C(=O)C3Cc4c([nH]c5ccccc45)C(C)N3C2=O)c1. The van der Waals surface area contributed by atoms with Crippen molar-refractivity contribution < 1.29 is 19.1 Å². The van der Waals surface area contributed by atoms with Crippen LogP contribution >= 0.6 is 0 Å². The minimum absolute atomic E-state index is 0.267.